The van der Waals surface area contributed by atoms with E-state index in [0.29, 0.717) is 0 Å². The fraction of sp³-hybridized carbons (Fsp3) is 0.174. The molecular formula is C23H22N2O4. The maximum Gasteiger partial charge on any atom is 0.310 e. The Hall–Kier alpha value is -3.67. The molecule has 0 aliphatic rings. The van der Waals surface area contributed by atoms with E-state index in [0.717, 1.165) is 18.4 Å². The van der Waals surface area contributed by atoms with Crippen molar-refractivity contribution in [1.82, 2.24) is 5.32 Å². The number of nitrogens with one attached hydrogen (secondary N) is 1. The van der Waals surface area contributed by atoms with Gasteiger partial charge in [0.25, 0.3) is 5.91 Å². The third-order valence-corrected chi connectivity index (χ3v) is 4.52. The van der Waals surface area contributed by atoms with Gasteiger partial charge in [-0.05, 0) is 30.0 Å². The van der Waals surface area contributed by atoms with Crippen molar-refractivity contribution in [2.24, 2.45) is 0 Å². The SMILES string of the molecule is O=C(COc1ccccc1[N+](=O)[O-])NC(CCc1ccccc1)c1ccccc1. The number of benzene rings is 3. The fourth-order valence-electron chi connectivity index (χ4n) is 3.07. The van der Waals surface area contributed by atoms with Gasteiger partial charge >= 0.3 is 5.69 Å². The third kappa shape index (κ3) is 5.90. The molecule has 0 saturated heterocycles. The summed E-state index contributed by atoms with van der Waals surface area (Å²) in [5, 5.41) is 14.1. The smallest absolute Gasteiger partial charge is 0.310 e. The van der Waals surface area contributed by atoms with Gasteiger partial charge in [-0.3, -0.25) is 14.9 Å². The third-order valence-electron chi connectivity index (χ3n) is 4.52. The molecule has 0 spiro atoms. The van der Waals surface area contributed by atoms with Gasteiger partial charge in [0.05, 0.1) is 11.0 Å². The first-order valence-corrected chi connectivity index (χ1v) is 9.38. The number of carbonyl (C=O) groups is 1. The number of amides is 1. The molecule has 6 heteroatoms. The second-order valence-electron chi connectivity index (χ2n) is 6.57. The number of rotatable bonds is 9. The van der Waals surface area contributed by atoms with Gasteiger partial charge in [-0.15, -0.1) is 0 Å². The van der Waals surface area contributed by atoms with Gasteiger partial charge in [-0.25, -0.2) is 0 Å². The number of carbonyl (C=O) groups excluding carboxylic acids is 1. The van der Waals surface area contributed by atoms with E-state index in [2.05, 4.69) is 17.4 Å². The standard InChI is InChI=1S/C23H22N2O4/c26-23(17-29-22-14-8-7-13-21(22)25(27)28)24-20(19-11-5-2-6-12-19)16-15-18-9-3-1-4-10-18/h1-14,20H,15-17H2,(H,24,26). The molecule has 0 heterocycles. The molecule has 0 fully saturated rings. The minimum absolute atomic E-state index is 0.0770. The first kappa shape index (κ1) is 20.1. The van der Waals surface area contributed by atoms with Crippen LogP contribution in [0.3, 0.4) is 0 Å². The highest BCUT2D eigenvalue weighted by molar-refractivity contribution is 5.78. The van der Waals surface area contributed by atoms with E-state index < -0.39 is 4.92 Å². The van der Waals surface area contributed by atoms with Crippen molar-refractivity contribution in [3.63, 3.8) is 0 Å². The first-order chi connectivity index (χ1) is 14.1. The zero-order valence-electron chi connectivity index (χ0n) is 15.9. The number of nitrogens with zero attached hydrogens (tertiary/aromatic N) is 1. The Labute approximate surface area is 169 Å². The number of nitro groups is 1. The van der Waals surface area contributed by atoms with Crippen LogP contribution in [0.15, 0.2) is 84.9 Å². The van der Waals surface area contributed by atoms with E-state index in [9.17, 15) is 14.9 Å². The Morgan fingerprint density at radius 2 is 1.55 bits per heavy atom. The van der Waals surface area contributed by atoms with E-state index in [1.54, 1.807) is 12.1 Å². The monoisotopic (exact) mass is 390 g/mol. The summed E-state index contributed by atoms with van der Waals surface area (Å²) in [5.74, 6) is -0.252. The van der Waals surface area contributed by atoms with Crippen LogP contribution < -0.4 is 10.1 Å². The highest BCUT2D eigenvalue weighted by atomic mass is 16.6. The number of nitro benzene ring substituents is 1. The predicted octanol–water partition coefficient (Wildman–Crippen LogP) is 4.46. The molecular weight excluding hydrogens is 368 g/mol. The van der Waals surface area contributed by atoms with E-state index in [1.807, 2.05) is 48.5 Å². The van der Waals surface area contributed by atoms with E-state index >= 15 is 0 Å². The summed E-state index contributed by atoms with van der Waals surface area (Å²) in [6.45, 7) is -0.292. The number of para-hydroxylation sites is 2. The molecule has 1 unspecified atom stereocenters. The zero-order valence-corrected chi connectivity index (χ0v) is 15.9. The first-order valence-electron chi connectivity index (χ1n) is 9.38. The van der Waals surface area contributed by atoms with Crippen LogP contribution in [0.25, 0.3) is 0 Å². The van der Waals surface area contributed by atoms with E-state index in [4.69, 9.17) is 4.74 Å². The summed E-state index contributed by atoms with van der Waals surface area (Å²) in [6.07, 6.45) is 1.54. The van der Waals surface area contributed by atoms with E-state index in [-0.39, 0.29) is 30.0 Å². The summed E-state index contributed by atoms with van der Waals surface area (Å²) in [5.41, 5.74) is 2.03. The van der Waals surface area contributed by atoms with Gasteiger partial charge in [0, 0.05) is 6.07 Å². The van der Waals surface area contributed by atoms with Crippen LogP contribution in [0, 0.1) is 10.1 Å². The molecule has 29 heavy (non-hydrogen) atoms. The van der Waals surface area contributed by atoms with Gasteiger partial charge in [0.2, 0.25) is 0 Å². The summed E-state index contributed by atoms with van der Waals surface area (Å²) in [6, 6.07) is 25.6. The predicted molar refractivity (Wildman–Crippen MR) is 111 cm³/mol. The van der Waals surface area contributed by atoms with Crippen molar-refractivity contribution in [3.05, 3.63) is 106 Å². The molecule has 0 saturated carbocycles. The lowest BCUT2D eigenvalue weighted by atomic mass is 9.99. The lowest BCUT2D eigenvalue weighted by Gasteiger charge is -2.19. The Morgan fingerprint density at radius 1 is 0.931 bits per heavy atom. The number of ether oxygens (including phenoxy) is 1. The summed E-state index contributed by atoms with van der Waals surface area (Å²) in [7, 11) is 0. The zero-order chi connectivity index (χ0) is 20.5. The van der Waals surface area contributed by atoms with Crippen LogP contribution in [0.4, 0.5) is 5.69 Å². The maximum atomic E-state index is 12.5. The Morgan fingerprint density at radius 3 is 2.24 bits per heavy atom. The van der Waals surface area contributed by atoms with Crippen molar-refractivity contribution >= 4 is 11.6 Å². The Kier molecular flexibility index (Phi) is 6.95. The maximum absolute atomic E-state index is 12.5. The lowest BCUT2D eigenvalue weighted by Crippen LogP contribution is -2.33. The second kappa shape index (κ2) is 10.0. The van der Waals surface area contributed by atoms with Crippen molar-refractivity contribution in [2.75, 3.05) is 6.61 Å². The largest absolute Gasteiger partial charge is 0.477 e. The molecule has 1 atom stereocenters. The van der Waals surface area contributed by atoms with Gasteiger partial charge in [-0.2, -0.15) is 0 Å². The highest BCUT2D eigenvalue weighted by Gasteiger charge is 2.18. The Bertz CT molecular complexity index is 945. The molecule has 3 aromatic carbocycles. The molecule has 3 aromatic rings. The minimum atomic E-state index is -0.528. The van der Waals surface area contributed by atoms with Gasteiger partial charge in [0.1, 0.15) is 0 Å². The minimum Gasteiger partial charge on any atom is -0.477 e. The van der Waals surface area contributed by atoms with Crippen LogP contribution in [-0.4, -0.2) is 17.4 Å². The van der Waals surface area contributed by atoms with E-state index in [1.165, 1.54) is 17.7 Å². The van der Waals surface area contributed by atoms with Gasteiger partial charge in [-0.1, -0.05) is 72.8 Å². The molecule has 1 N–H and O–H groups in total. The number of hydrogen-bond donors (Lipinski definition) is 1. The van der Waals surface area contributed by atoms with Crippen molar-refractivity contribution in [3.8, 4) is 5.75 Å². The molecule has 0 bridgehead atoms. The molecule has 148 valence electrons. The summed E-state index contributed by atoms with van der Waals surface area (Å²) < 4.78 is 5.41. The molecule has 0 aliphatic heterocycles. The summed E-state index contributed by atoms with van der Waals surface area (Å²) >= 11 is 0. The van der Waals surface area contributed by atoms with Crippen molar-refractivity contribution in [2.45, 2.75) is 18.9 Å². The topological polar surface area (TPSA) is 81.5 Å². The van der Waals surface area contributed by atoms with Crippen molar-refractivity contribution in [1.29, 1.82) is 0 Å². The van der Waals surface area contributed by atoms with Gasteiger partial charge < -0.3 is 10.1 Å². The summed E-state index contributed by atoms with van der Waals surface area (Å²) in [4.78, 5) is 23.0. The molecule has 1 amide bonds. The van der Waals surface area contributed by atoms with Crippen LogP contribution in [0.1, 0.15) is 23.6 Å². The van der Waals surface area contributed by atoms with Crippen molar-refractivity contribution < 1.29 is 14.5 Å². The van der Waals surface area contributed by atoms with Gasteiger partial charge in [0.15, 0.2) is 12.4 Å². The average Bonchev–Trinajstić information content (AvgIpc) is 2.76. The second-order valence-corrected chi connectivity index (χ2v) is 6.57. The fourth-order valence-corrected chi connectivity index (χ4v) is 3.07. The Balaban J connectivity index is 1.64. The molecule has 3 rings (SSSR count). The molecule has 0 aromatic heterocycles. The number of hydrogen-bond acceptors (Lipinski definition) is 4. The lowest BCUT2D eigenvalue weighted by molar-refractivity contribution is -0.385. The number of aryl methyl sites for hydroxylation is 1. The highest BCUT2D eigenvalue weighted by Crippen LogP contribution is 2.26. The van der Waals surface area contributed by atoms with Crippen LogP contribution >= 0.6 is 0 Å². The normalized spacial score (nSPS) is 11.4. The van der Waals surface area contributed by atoms with Crippen LogP contribution in [0.5, 0.6) is 5.75 Å². The quantitative estimate of drug-likeness (QED) is 0.432. The molecule has 0 aliphatic carbocycles. The molecule has 0 radical (unpaired) electrons. The van der Waals surface area contributed by atoms with Crippen LogP contribution in [0.2, 0.25) is 0 Å². The average molecular weight is 390 g/mol. The molecule has 6 nitrogen and oxygen atoms in total. The van der Waals surface area contributed by atoms with Crippen LogP contribution in [-0.2, 0) is 11.2 Å².